The lowest BCUT2D eigenvalue weighted by molar-refractivity contribution is -0.143. The molecule has 2 N–H and O–H groups in total. The molecule has 0 radical (unpaired) electrons. The van der Waals surface area contributed by atoms with Crippen LogP contribution in [0.3, 0.4) is 0 Å². The van der Waals surface area contributed by atoms with E-state index in [1.54, 1.807) is 13.8 Å². The summed E-state index contributed by atoms with van der Waals surface area (Å²) in [6, 6.07) is -0.877. The van der Waals surface area contributed by atoms with Crippen LogP contribution in [0.4, 0.5) is 0 Å². The van der Waals surface area contributed by atoms with E-state index in [4.69, 9.17) is 14.6 Å². The van der Waals surface area contributed by atoms with Gasteiger partial charge in [0.05, 0.1) is 13.2 Å². The maximum atomic E-state index is 11.4. The second-order valence-corrected chi connectivity index (χ2v) is 3.88. The van der Waals surface area contributed by atoms with E-state index in [0.29, 0.717) is 19.8 Å². The van der Waals surface area contributed by atoms with Gasteiger partial charge in [0.2, 0.25) is 5.91 Å². The summed E-state index contributed by atoms with van der Waals surface area (Å²) in [6.45, 7) is 6.53. The van der Waals surface area contributed by atoms with Crippen molar-refractivity contribution in [2.45, 2.75) is 26.8 Å². The number of amides is 1. The van der Waals surface area contributed by atoms with Crippen LogP contribution in [-0.2, 0) is 19.1 Å². The zero-order valence-electron chi connectivity index (χ0n) is 10.6. The Morgan fingerprint density at radius 2 is 1.82 bits per heavy atom. The van der Waals surface area contributed by atoms with Gasteiger partial charge in [-0.05, 0) is 12.8 Å². The first kappa shape index (κ1) is 15.9. The van der Waals surface area contributed by atoms with Crippen molar-refractivity contribution < 1.29 is 24.2 Å². The minimum absolute atomic E-state index is 0.149. The maximum absolute atomic E-state index is 11.4. The van der Waals surface area contributed by atoms with Crippen LogP contribution in [0.25, 0.3) is 0 Å². The molecule has 0 saturated carbocycles. The third-order valence-electron chi connectivity index (χ3n) is 2.06. The Balaban J connectivity index is 3.80. The van der Waals surface area contributed by atoms with Gasteiger partial charge >= 0.3 is 5.97 Å². The van der Waals surface area contributed by atoms with Gasteiger partial charge in [0, 0.05) is 6.61 Å². The van der Waals surface area contributed by atoms with Crippen molar-refractivity contribution in [3.63, 3.8) is 0 Å². The maximum Gasteiger partial charge on any atom is 0.326 e. The highest BCUT2D eigenvalue weighted by Gasteiger charge is 2.23. The molecule has 0 heterocycles. The number of carboxylic acids is 1. The monoisotopic (exact) mass is 247 g/mol. The van der Waals surface area contributed by atoms with E-state index in [-0.39, 0.29) is 12.5 Å². The number of rotatable bonds is 9. The quantitative estimate of drug-likeness (QED) is 0.571. The number of carboxylic acid groups (broad SMARTS) is 1. The number of nitrogens with one attached hydrogen (secondary N) is 1. The highest BCUT2D eigenvalue weighted by molar-refractivity contribution is 5.84. The Hall–Kier alpha value is -1.14. The van der Waals surface area contributed by atoms with E-state index >= 15 is 0 Å². The molecule has 0 spiro atoms. The second kappa shape index (κ2) is 8.95. The van der Waals surface area contributed by atoms with E-state index in [1.165, 1.54) is 0 Å². The van der Waals surface area contributed by atoms with Crippen LogP contribution < -0.4 is 5.32 Å². The zero-order chi connectivity index (χ0) is 13.3. The van der Waals surface area contributed by atoms with Gasteiger partial charge in [-0.25, -0.2) is 4.79 Å². The Labute approximate surface area is 101 Å². The zero-order valence-corrected chi connectivity index (χ0v) is 10.6. The lowest BCUT2D eigenvalue weighted by Crippen LogP contribution is -2.45. The van der Waals surface area contributed by atoms with E-state index in [0.717, 1.165) is 0 Å². The van der Waals surface area contributed by atoms with Gasteiger partial charge in [0.1, 0.15) is 12.6 Å². The fraction of sp³-hybridized carbons (Fsp3) is 0.818. The van der Waals surface area contributed by atoms with E-state index in [9.17, 15) is 9.59 Å². The predicted octanol–water partition coefficient (Wildman–Crippen LogP) is 0.265. The van der Waals surface area contributed by atoms with Crippen molar-refractivity contribution in [2.24, 2.45) is 5.92 Å². The molecule has 0 aromatic heterocycles. The van der Waals surface area contributed by atoms with Crippen molar-refractivity contribution >= 4 is 11.9 Å². The lowest BCUT2D eigenvalue weighted by Gasteiger charge is -2.17. The summed E-state index contributed by atoms with van der Waals surface area (Å²) in [5.74, 6) is -1.63. The number of carbonyl (C=O) groups is 2. The fourth-order valence-electron chi connectivity index (χ4n) is 1.16. The average molecular weight is 247 g/mol. The highest BCUT2D eigenvalue weighted by atomic mass is 16.5. The Morgan fingerprint density at radius 3 is 2.29 bits per heavy atom. The first-order chi connectivity index (χ1) is 7.99. The topological polar surface area (TPSA) is 84.9 Å². The van der Waals surface area contributed by atoms with Gasteiger partial charge in [-0.1, -0.05) is 13.8 Å². The number of hydrogen-bond donors (Lipinski definition) is 2. The molecule has 17 heavy (non-hydrogen) atoms. The predicted molar refractivity (Wildman–Crippen MR) is 61.7 cm³/mol. The molecule has 0 aliphatic carbocycles. The third kappa shape index (κ3) is 7.70. The molecular weight excluding hydrogens is 226 g/mol. The van der Waals surface area contributed by atoms with E-state index in [1.807, 2.05) is 6.92 Å². The van der Waals surface area contributed by atoms with Crippen LogP contribution in [0.1, 0.15) is 20.8 Å². The standard InChI is InChI=1S/C11H21NO5/c1-4-16-5-6-17-7-9(13)12-10(8(2)3)11(14)15/h8,10H,4-7H2,1-3H3,(H,12,13)(H,14,15)/t10-/m0/s1. The lowest BCUT2D eigenvalue weighted by atomic mass is 10.1. The number of aliphatic carboxylic acids is 1. The first-order valence-corrected chi connectivity index (χ1v) is 5.66. The van der Waals surface area contributed by atoms with Crippen LogP contribution >= 0.6 is 0 Å². The van der Waals surface area contributed by atoms with Crippen LogP contribution in [0.2, 0.25) is 0 Å². The van der Waals surface area contributed by atoms with Crippen LogP contribution in [0.15, 0.2) is 0 Å². The van der Waals surface area contributed by atoms with Crippen molar-refractivity contribution in [2.75, 3.05) is 26.4 Å². The molecule has 6 heteroatoms. The molecule has 0 unspecified atom stereocenters. The summed E-state index contributed by atoms with van der Waals surface area (Å²) in [5, 5.41) is 11.3. The van der Waals surface area contributed by atoms with Gasteiger partial charge in [0.25, 0.3) is 0 Å². The molecule has 1 amide bonds. The molecule has 0 aliphatic rings. The summed E-state index contributed by atoms with van der Waals surface area (Å²) in [5.41, 5.74) is 0. The molecule has 6 nitrogen and oxygen atoms in total. The highest BCUT2D eigenvalue weighted by Crippen LogP contribution is 2.01. The molecule has 0 fully saturated rings. The Morgan fingerprint density at radius 1 is 1.24 bits per heavy atom. The van der Waals surface area contributed by atoms with Gasteiger partial charge in [-0.15, -0.1) is 0 Å². The minimum Gasteiger partial charge on any atom is -0.480 e. The van der Waals surface area contributed by atoms with Crippen molar-refractivity contribution in [3.05, 3.63) is 0 Å². The van der Waals surface area contributed by atoms with Crippen molar-refractivity contribution in [1.29, 1.82) is 0 Å². The molecule has 0 saturated heterocycles. The molecule has 100 valence electrons. The van der Waals surface area contributed by atoms with Crippen molar-refractivity contribution in [1.82, 2.24) is 5.32 Å². The van der Waals surface area contributed by atoms with Gasteiger partial charge in [0.15, 0.2) is 0 Å². The fourth-order valence-corrected chi connectivity index (χ4v) is 1.16. The number of carbonyl (C=O) groups excluding carboxylic acids is 1. The molecule has 0 rings (SSSR count). The normalized spacial score (nSPS) is 12.5. The van der Waals surface area contributed by atoms with Crippen LogP contribution in [0, 0.1) is 5.92 Å². The summed E-state index contributed by atoms with van der Waals surface area (Å²) in [6.07, 6.45) is 0. The van der Waals surface area contributed by atoms with Gasteiger partial charge in [-0.2, -0.15) is 0 Å². The molecule has 0 aromatic rings. The molecular formula is C11H21NO5. The molecule has 1 atom stereocenters. The summed E-state index contributed by atoms with van der Waals surface area (Å²) >= 11 is 0. The third-order valence-corrected chi connectivity index (χ3v) is 2.06. The second-order valence-electron chi connectivity index (χ2n) is 3.88. The van der Waals surface area contributed by atoms with E-state index in [2.05, 4.69) is 5.32 Å². The molecule has 0 bridgehead atoms. The van der Waals surface area contributed by atoms with Crippen LogP contribution in [0.5, 0.6) is 0 Å². The summed E-state index contributed by atoms with van der Waals surface area (Å²) in [7, 11) is 0. The number of ether oxygens (including phenoxy) is 2. The smallest absolute Gasteiger partial charge is 0.326 e. The van der Waals surface area contributed by atoms with Gasteiger partial charge in [-0.3, -0.25) is 4.79 Å². The Bertz CT molecular complexity index is 242. The Kier molecular flexibility index (Phi) is 8.35. The average Bonchev–Trinajstić information content (AvgIpc) is 2.24. The SMILES string of the molecule is CCOCCOCC(=O)N[C@H](C(=O)O)C(C)C. The minimum atomic E-state index is -1.04. The number of hydrogen-bond acceptors (Lipinski definition) is 4. The largest absolute Gasteiger partial charge is 0.480 e. The first-order valence-electron chi connectivity index (χ1n) is 5.66. The van der Waals surface area contributed by atoms with Gasteiger partial charge < -0.3 is 19.9 Å². The molecule has 0 aliphatic heterocycles. The summed E-state index contributed by atoms with van der Waals surface area (Å²) in [4.78, 5) is 22.2. The molecule has 0 aromatic carbocycles. The van der Waals surface area contributed by atoms with Crippen molar-refractivity contribution in [3.8, 4) is 0 Å². The van der Waals surface area contributed by atoms with Crippen LogP contribution in [-0.4, -0.2) is 49.5 Å². The van der Waals surface area contributed by atoms with E-state index < -0.39 is 17.9 Å². The summed E-state index contributed by atoms with van der Waals surface area (Å²) < 4.78 is 10.0.